The number of nitrogens with zero attached hydrogens (tertiary/aromatic N) is 2. The van der Waals surface area contributed by atoms with E-state index in [4.69, 9.17) is 10.7 Å². The molecule has 0 radical (unpaired) electrons. The van der Waals surface area contributed by atoms with Gasteiger partial charge < -0.3 is 11.1 Å². The van der Waals surface area contributed by atoms with E-state index in [9.17, 15) is 8.78 Å². The lowest BCUT2D eigenvalue weighted by Crippen LogP contribution is -2.23. The first-order valence-electron chi connectivity index (χ1n) is 9.67. The highest BCUT2D eigenvalue weighted by Gasteiger charge is 2.23. The van der Waals surface area contributed by atoms with Crippen molar-refractivity contribution in [1.82, 2.24) is 15.3 Å². The number of benzene rings is 1. The molecule has 148 valence electrons. The number of rotatable bonds is 5. The highest BCUT2D eigenvalue weighted by atomic mass is 32.1. The monoisotopic (exact) mass is 402 g/mol. The van der Waals surface area contributed by atoms with E-state index in [-0.39, 0.29) is 6.04 Å². The maximum atomic E-state index is 13.9. The third-order valence-electron chi connectivity index (χ3n) is 5.46. The molecule has 0 amide bonds. The third-order valence-corrected chi connectivity index (χ3v) is 6.61. The van der Waals surface area contributed by atoms with E-state index in [0.717, 1.165) is 29.1 Å². The Bertz CT molecular complexity index is 1020. The van der Waals surface area contributed by atoms with E-state index in [1.807, 2.05) is 6.92 Å². The molecular weight excluding hydrogens is 378 g/mol. The average Bonchev–Trinajstić information content (AvgIpc) is 2.99. The second-order valence-electron chi connectivity index (χ2n) is 7.65. The zero-order valence-electron chi connectivity index (χ0n) is 16.1. The number of nitrogens with two attached hydrogens (primary N) is 1. The number of hydrogen-bond acceptors (Lipinski definition) is 5. The van der Waals surface area contributed by atoms with Crippen LogP contribution < -0.4 is 11.1 Å². The number of nitrogens with one attached hydrogen (secondary N) is 1. The van der Waals surface area contributed by atoms with Crippen LogP contribution in [0.15, 0.2) is 18.2 Å². The van der Waals surface area contributed by atoms with E-state index in [2.05, 4.69) is 17.2 Å². The summed E-state index contributed by atoms with van der Waals surface area (Å²) in [6, 6.07) is 3.41. The van der Waals surface area contributed by atoms with Crippen LogP contribution in [-0.2, 0) is 19.3 Å². The Hall–Kier alpha value is -2.12. The molecule has 7 heteroatoms. The molecule has 2 aromatic heterocycles. The molecule has 3 aromatic rings. The second-order valence-corrected chi connectivity index (χ2v) is 8.73. The van der Waals surface area contributed by atoms with Gasteiger partial charge in [-0.3, -0.25) is 0 Å². The van der Waals surface area contributed by atoms with Crippen LogP contribution in [0.1, 0.15) is 48.1 Å². The average molecular weight is 403 g/mol. The molecule has 0 spiro atoms. The van der Waals surface area contributed by atoms with Crippen molar-refractivity contribution >= 4 is 27.4 Å². The second kappa shape index (κ2) is 7.72. The SMILES string of the molecule is C[C@@H]1CCc2c(sc3nc(CCN[C@H](C)c4ccc(F)cc4F)nc(N)c23)C1. The largest absolute Gasteiger partial charge is 0.383 e. The van der Waals surface area contributed by atoms with Crippen LogP contribution >= 0.6 is 11.3 Å². The van der Waals surface area contributed by atoms with Crippen molar-refractivity contribution in [1.29, 1.82) is 0 Å². The molecule has 1 aliphatic rings. The maximum absolute atomic E-state index is 13.9. The molecule has 2 heterocycles. The molecule has 4 nitrogen and oxygen atoms in total. The number of thiophene rings is 1. The summed E-state index contributed by atoms with van der Waals surface area (Å²) in [7, 11) is 0. The summed E-state index contributed by atoms with van der Waals surface area (Å²) in [5.74, 6) is 0.839. The van der Waals surface area contributed by atoms with Gasteiger partial charge in [0.25, 0.3) is 0 Å². The predicted molar refractivity (Wildman–Crippen MR) is 109 cm³/mol. The molecule has 1 aliphatic carbocycles. The minimum Gasteiger partial charge on any atom is -0.383 e. The molecule has 0 fully saturated rings. The minimum atomic E-state index is -0.571. The molecule has 0 aliphatic heterocycles. The Balaban J connectivity index is 1.46. The van der Waals surface area contributed by atoms with Gasteiger partial charge in [0.1, 0.15) is 28.1 Å². The van der Waals surface area contributed by atoms with Crippen LogP contribution in [-0.4, -0.2) is 16.5 Å². The number of aromatic nitrogens is 2. The fourth-order valence-corrected chi connectivity index (χ4v) is 5.30. The summed E-state index contributed by atoms with van der Waals surface area (Å²) >= 11 is 1.74. The molecular formula is C21H24F2N4S. The lowest BCUT2D eigenvalue weighted by molar-refractivity contribution is 0.509. The number of anilines is 1. The van der Waals surface area contributed by atoms with Gasteiger partial charge in [0.05, 0.1) is 5.39 Å². The van der Waals surface area contributed by atoms with Crippen LogP contribution in [0, 0.1) is 17.6 Å². The zero-order chi connectivity index (χ0) is 19.8. The van der Waals surface area contributed by atoms with Gasteiger partial charge in [-0.1, -0.05) is 13.0 Å². The van der Waals surface area contributed by atoms with E-state index in [0.29, 0.717) is 36.1 Å². The number of nitrogen functional groups attached to an aromatic ring is 1. The molecule has 0 bridgehead atoms. The lowest BCUT2D eigenvalue weighted by Gasteiger charge is -2.17. The smallest absolute Gasteiger partial charge is 0.136 e. The summed E-state index contributed by atoms with van der Waals surface area (Å²) in [6.45, 7) is 4.71. The van der Waals surface area contributed by atoms with Gasteiger partial charge in [0.2, 0.25) is 0 Å². The molecule has 28 heavy (non-hydrogen) atoms. The Morgan fingerprint density at radius 3 is 2.93 bits per heavy atom. The van der Waals surface area contributed by atoms with Crippen molar-refractivity contribution in [3.63, 3.8) is 0 Å². The topological polar surface area (TPSA) is 63.8 Å². The van der Waals surface area contributed by atoms with Crippen molar-refractivity contribution < 1.29 is 8.78 Å². The van der Waals surface area contributed by atoms with Gasteiger partial charge in [0.15, 0.2) is 0 Å². The molecule has 0 saturated carbocycles. The third kappa shape index (κ3) is 3.73. The van der Waals surface area contributed by atoms with Gasteiger partial charge in [-0.15, -0.1) is 11.3 Å². The first-order valence-corrected chi connectivity index (χ1v) is 10.5. The first kappa shape index (κ1) is 19.2. The Morgan fingerprint density at radius 1 is 1.32 bits per heavy atom. The molecule has 3 N–H and O–H groups in total. The van der Waals surface area contributed by atoms with E-state index in [1.54, 1.807) is 11.3 Å². The van der Waals surface area contributed by atoms with Crippen LogP contribution in [0.2, 0.25) is 0 Å². The molecule has 1 aromatic carbocycles. The Kier molecular flexibility index (Phi) is 5.29. The summed E-state index contributed by atoms with van der Waals surface area (Å²) < 4.78 is 27.0. The highest BCUT2D eigenvalue weighted by molar-refractivity contribution is 7.19. The molecule has 0 unspecified atom stereocenters. The van der Waals surface area contributed by atoms with Crippen LogP contribution in [0.3, 0.4) is 0 Å². The van der Waals surface area contributed by atoms with Crippen molar-refractivity contribution in [2.24, 2.45) is 5.92 Å². The number of fused-ring (bicyclic) bond motifs is 3. The number of aryl methyl sites for hydroxylation is 1. The van der Waals surface area contributed by atoms with E-state index in [1.165, 1.54) is 29.0 Å². The van der Waals surface area contributed by atoms with Crippen LogP contribution in [0.5, 0.6) is 0 Å². The predicted octanol–water partition coefficient (Wildman–Crippen LogP) is 4.57. The van der Waals surface area contributed by atoms with Crippen molar-refractivity contribution in [3.05, 3.63) is 51.7 Å². The van der Waals surface area contributed by atoms with Crippen LogP contribution in [0.4, 0.5) is 14.6 Å². The molecule has 0 saturated heterocycles. The van der Waals surface area contributed by atoms with Gasteiger partial charge in [-0.25, -0.2) is 18.7 Å². The number of hydrogen-bond donors (Lipinski definition) is 2. The normalized spacial score (nSPS) is 17.6. The van der Waals surface area contributed by atoms with Gasteiger partial charge in [-0.05, 0) is 43.7 Å². The molecule has 4 rings (SSSR count). The fourth-order valence-electron chi connectivity index (χ4n) is 3.89. The standard InChI is InChI=1S/C21H24F2N4S/c1-11-3-5-15-17(9-11)28-21-19(15)20(24)26-18(27-21)7-8-25-12(2)14-6-4-13(22)10-16(14)23/h4,6,10-12,25H,3,5,7-9H2,1-2H3,(H2,24,26,27)/t11-,12-/m1/s1. The summed E-state index contributed by atoms with van der Waals surface area (Å²) in [5, 5.41) is 4.28. The molecule has 2 atom stereocenters. The maximum Gasteiger partial charge on any atom is 0.136 e. The summed E-state index contributed by atoms with van der Waals surface area (Å²) in [4.78, 5) is 11.6. The summed E-state index contributed by atoms with van der Waals surface area (Å²) in [5.41, 5.74) is 8.04. The fraction of sp³-hybridized carbons (Fsp3) is 0.429. The van der Waals surface area contributed by atoms with Crippen molar-refractivity contribution in [2.75, 3.05) is 12.3 Å². The number of halogens is 2. The van der Waals surface area contributed by atoms with Crippen molar-refractivity contribution in [2.45, 2.75) is 45.6 Å². The van der Waals surface area contributed by atoms with Crippen molar-refractivity contribution in [3.8, 4) is 0 Å². The van der Waals surface area contributed by atoms with Gasteiger partial charge in [-0.2, -0.15) is 0 Å². The Labute approximate surface area is 167 Å². The van der Waals surface area contributed by atoms with E-state index >= 15 is 0 Å². The van der Waals surface area contributed by atoms with Gasteiger partial charge in [0, 0.05) is 35.5 Å². The lowest BCUT2D eigenvalue weighted by atomic mass is 9.89. The highest BCUT2D eigenvalue weighted by Crippen LogP contribution is 2.39. The first-order chi connectivity index (χ1) is 13.4. The Morgan fingerprint density at radius 2 is 2.14 bits per heavy atom. The minimum absolute atomic E-state index is 0.239. The van der Waals surface area contributed by atoms with Crippen LogP contribution in [0.25, 0.3) is 10.2 Å². The van der Waals surface area contributed by atoms with E-state index < -0.39 is 11.6 Å². The quantitative estimate of drug-likeness (QED) is 0.656. The summed E-state index contributed by atoms with van der Waals surface area (Å²) in [6.07, 6.45) is 3.91. The zero-order valence-corrected chi connectivity index (χ0v) is 16.9. The van der Waals surface area contributed by atoms with Gasteiger partial charge >= 0.3 is 0 Å².